The molecule has 1 aromatic heterocycles. The van der Waals surface area contributed by atoms with Gasteiger partial charge in [0.15, 0.2) is 0 Å². The van der Waals surface area contributed by atoms with Crippen molar-refractivity contribution in [1.29, 1.82) is 0 Å². The van der Waals surface area contributed by atoms with Gasteiger partial charge in [-0.2, -0.15) is 4.98 Å². The molecule has 3 aromatic rings. The predicted octanol–water partition coefficient (Wildman–Crippen LogP) is 4.11. The number of carbonyl (C=O) groups is 1. The van der Waals surface area contributed by atoms with E-state index in [1.54, 1.807) is 17.2 Å². The molecule has 5 rings (SSSR count). The van der Waals surface area contributed by atoms with E-state index in [2.05, 4.69) is 51.5 Å². The van der Waals surface area contributed by atoms with Crippen LogP contribution >= 0.6 is 11.6 Å². The Bertz CT molecular complexity index is 1190. The number of aromatic nitrogens is 2. The standard InChI is InChI=1S/C25H28ClN7O/c1-16-13-32(14-17(2)28-16)19-10-8-18(9-11-19)29-25-27-12-20-23(30-25)31(3)15-33(24(20)34)22-7-5-4-6-21(22)26/h4-12,16-17,28H,13-15H2,1-3H3,(H,27,29,30). The lowest BCUT2D eigenvalue weighted by Gasteiger charge is -2.37. The number of halogens is 1. The Balaban J connectivity index is 1.33. The molecule has 0 aliphatic carbocycles. The molecule has 34 heavy (non-hydrogen) atoms. The SMILES string of the molecule is CC1CN(c2ccc(Nc3ncc4c(n3)N(C)CN(c3ccccc3Cl)C4=O)cc2)CC(C)N1. The van der Waals surface area contributed by atoms with Gasteiger partial charge in [-0.15, -0.1) is 0 Å². The molecule has 2 aliphatic rings. The molecule has 2 N–H and O–H groups in total. The van der Waals surface area contributed by atoms with E-state index in [1.807, 2.05) is 42.3 Å². The van der Waals surface area contributed by atoms with Crippen LogP contribution in [0.15, 0.2) is 54.7 Å². The first-order valence-electron chi connectivity index (χ1n) is 11.4. The predicted molar refractivity (Wildman–Crippen MR) is 138 cm³/mol. The summed E-state index contributed by atoms with van der Waals surface area (Å²) in [6, 6.07) is 16.5. The molecule has 2 unspecified atom stereocenters. The molecule has 1 amide bonds. The first kappa shape index (κ1) is 22.4. The van der Waals surface area contributed by atoms with Gasteiger partial charge in [0, 0.05) is 49.8 Å². The van der Waals surface area contributed by atoms with Crippen molar-refractivity contribution < 1.29 is 4.79 Å². The third-order valence-corrected chi connectivity index (χ3v) is 6.47. The number of carbonyl (C=O) groups excluding carboxylic acids is 1. The topological polar surface area (TPSA) is 76.6 Å². The van der Waals surface area contributed by atoms with Gasteiger partial charge in [0.25, 0.3) is 5.91 Å². The Hall–Kier alpha value is -3.36. The maximum absolute atomic E-state index is 13.1. The zero-order chi connectivity index (χ0) is 23.8. The summed E-state index contributed by atoms with van der Waals surface area (Å²) < 4.78 is 0. The van der Waals surface area contributed by atoms with Crippen LogP contribution in [0.2, 0.25) is 5.02 Å². The number of anilines is 5. The lowest BCUT2D eigenvalue weighted by molar-refractivity contribution is 0.0982. The zero-order valence-corrected chi connectivity index (χ0v) is 20.3. The summed E-state index contributed by atoms with van der Waals surface area (Å²) in [4.78, 5) is 28.1. The summed E-state index contributed by atoms with van der Waals surface area (Å²) in [5.41, 5.74) is 3.20. The molecular formula is C25H28ClN7O. The van der Waals surface area contributed by atoms with Gasteiger partial charge in [0.1, 0.15) is 11.4 Å². The van der Waals surface area contributed by atoms with Gasteiger partial charge in [0.2, 0.25) is 5.95 Å². The minimum Gasteiger partial charge on any atom is -0.368 e. The summed E-state index contributed by atoms with van der Waals surface area (Å²) in [5, 5.41) is 7.35. The van der Waals surface area contributed by atoms with E-state index >= 15 is 0 Å². The van der Waals surface area contributed by atoms with Gasteiger partial charge in [-0.25, -0.2) is 4.98 Å². The maximum Gasteiger partial charge on any atom is 0.265 e. The van der Waals surface area contributed by atoms with Crippen LogP contribution in [0.1, 0.15) is 24.2 Å². The second kappa shape index (κ2) is 9.12. The van der Waals surface area contributed by atoms with Crippen LogP contribution < -0.4 is 25.3 Å². The van der Waals surface area contributed by atoms with Gasteiger partial charge in [-0.1, -0.05) is 23.7 Å². The average Bonchev–Trinajstić information content (AvgIpc) is 2.82. The quantitative estimate of drug-likeness (QED) is 0.585. The molecule has 0 spiro atoms. The number of hydrogen-bond acceptors (Lipinski definition) is 7. The highest BCUT2D eigenvalue weighted by molar-refractivity contribution is 6.34. The summed E-state index contributed by atoms with van der Waals surface area (Å²) in [6.07, 6.45) is 1.57. The number of rotatable bonds is 4. The van der Waals surface area contributed by atoms with Gasteiger partial charge >= 0.3 is 0 Å². The van der Waals surface area contributed by atoms with Crippen LogP contribution in [0.5, 0.6) is 0 Å². The smallest absolute Gasteiger partial charge is 0.265 e. The highest BCUT2D eigenvalue weighted by atomic mass is 35.5. The lowest BCUT2D eigenvalue weighted by atomic mass is 10.1. The van der Waals surface area contributed by atoms with Crippen molar-refractivity contribution >= 4 is 46.3 Å². The molecule has 8 nitrogen and oxygen atoms in total. The van der Waals surface area contributed by atoms with E-state index in [4.69, 9.17) is 11.6 Å². The van der Waals surface area contributed by atoms with E-state index in [0.29, 0.717) is 46.8 Å². The first-order chi connectivity index (χ1) is 16.4. The summed E-state index contributed by atoms with van der Waals surface area (Å²) in [5.74, 6) is 0.865. The third-order valence-electron chi connectivity index (χ3n) is 6.15. The zero-order valence-electron chi connectivity index (χ0n) is 19.5. The Morgan fingerprint density at radius 1 is 1.06 bits per heavy atom. The van der Waals surface area contributed by atoms with Crippen molar-refractivity contribution in [3.63, 3.8) is 0 Å². The number of hydrogen-bond donors (Lipinski definition) is 2. The molecule has 0 saturated carbocycles. The molecule has 0 radical (unpaired) electrons. The molecular weight excluding hydrogens is 450 g/mol. The van der Waals surface area contributed by atoms with E-state index in [1.165, 1.54) is 5.69 Å². The fraction of sp³-hybridized carbons (Fsp3) is 0.320. The number of benzene rings is 2. The normalized spacial score (nSPS) is 20.4. The van der Waals surface area contributed by atoms with Gasteiger partial charge in [0.05, 0.1) is 17.4 Å². The van der Waals surface area contributed by atoms with Gasteiger partial charge < -0.3 is 20.4 Å². The summed E-state index contributed by atoms with van der Waals surface area (Å²) in [7, 11) is 1.90. The molecule has 2 aliphatic heterocycles. The molecule has 3 heterocycles. The van der Waals surface area contributed by atoms with Crippen LogP contribution in [0.4, 0.5) is 28.8 Å². The number of piperazine rings is 1. The third kappa shape index (κ3) is 4.38. The monoisotopic (exact) mass is 477 g/mol. The van der Waals surface area contributed by atoms with Crippen molar-refractivity contribution in [1.82, 2.24) is 15.3 Å². The summed E-state index contributed by atoms with van der Waals surface area (Å²) in [6.45, 7) is 6.73. The maximum atomic E-state index is 13.1. The molecule has 1 saturated heterocycles. The van der Waals surface area contributed by atoms with Crippen LogP contribution in [0.25, 0.3) is 0 Å². The average molecular weight is 478 g/mol. The van der Waals surface area contributed by atoms with Crippen LogP contribution in [-0.4, -0.2) is 54.8 Å². The van der Waals surface area contributed by atoms with Crippen molar-refractivity contribution in [2.24, 2.45) is 0 Å². The number of nitrogens with zero attached hydrogens (tertiary/aromatic N) is 5. The van der Waals surface area contributed by atoms with Crippen molar-refractivity contribution in [3.05, 3.63) is 65.3 Å². The fourth-order valence-corrected chi connectivity index (χ4v) is 4.88. The highest BCUT2D eigenvalue weighted by Gasteiger charge is 2.31. The largest absolute Gasteiger partial charge is 0.368 e. The Morgan fingerprint density at radius 3 is 2.47 bits per heavy atom. The Kier molecular flexibility index (Phi) is 6.02. The van der Waals surface area contributed by atoms with Crippen LogP contribution in [0, 0.1) is 0 Å². The van der Waals surface area contributed by atoms with Crippen molar-refractivity contribution in [3.8, 4) is 0 Å². The molecule has 2 atom stereocenters. The van der Waals surface area contributed by atoms with Gasteiger partial charge in [-0.3, -0.25) is 9.69 Å². The number of fused-ring (bicyclic) bond motifs is 1. The highest BCUT2D eigenvalue weighted by Crippen LogP contribution is 2.32. The van der Waals surface area contributed by atoms with Crippen LogP contribution in [0.3, 0.4) is 0 Å². The van der Waals surface area contributed by atoms with Gasteiger partial charge in [-0.05, 0) is 50.2 Å². The summed E-state index contributed by atoms with van der Waals surface area (Å²) >= 11 is 6.33. The molecule has 0 bridgehead atoms. The lowest BCUT2D eigenvalue weighted by Crippen LogP contribution is -2.54. The van der Waals surface area contributed by atoms with Crippen molar-refractivity contribution in [2.45, 2.75) is 25.9 Å². The van der Waals surface area contributed by atoms with Crippen molar-refractivity contribution in [2.75, 3.05) is 46.8 Å². The van der Waals surface area contributed by atoms with E-state index in [9.17, 15) is 4.79 Å². The minimum atomic E-state index is -0.170. The number of amides is 1. The minimum absolute atomic E-state index is 0.170. The van der Waals surface area contributed by atoms with E-state index < -0.39 is 0 Å². The number of nitrogens with one attached hydrogen (secondary N) is 2. The Morgan fingerprint density at radius 2 is 1.76 bits per heavy atom. The Labute approximate surface area is 204 Å². The van der Waals surface area contributed by atoms with E-state index in [0.717, 1.165) is 18.8 Å². The second-order valence-electron chi connectivity index (χ2n) is 9.00. The van der Waals surface area contributed by atoms with E-state index in [-0.39, 0.29) is 5.91 Å². The molecule has 1 fully saturated rings. The second-order valence-corrected chi connectivity index (χ2v) is 9.41. The number of para-hydroxylation sites is 1. The molecule has 2 aromatic carbocycles. The molecule has 176 valence electrons. The van der Waals surface area contributed by atoms with Crippen LogP contribution in [-0.2, 0) is 0 Å². The molecule has 9 heteroatoms. The first-order valence-corrected chi connectivity index (χ1v) is 11.8. The fourth-order valence-electron chi connectivity index (χ4n) is 4.64.